The predicted octanol–water partition coefficient (Wildman–Crippen LogP) is 4.25. The number of rotatable bonds is 6. The smallest absolute Gasteiger partial charge is 0.100 e. The first-order valence-electron chi connectivity index (χ1n) is 6.21. The quantitative estimate of drug-likeness (QED) is 0.708. The van der Waals surface area contributed by atoms with E-state index in [2.05, 4.69) is 19.9 Å². The lowest BCUT2D eigenvalue weighted by molar-refractivity contribution is 0.210. The van der Waals surface area contributed by atoms with Crippen molar-refractivity contribution >= 4 is 0 Å². The summed E-state index contributed by atoms with van der Waals surface area (Å²) < 4.78 is 0. The molecule has 0 aliphatic rings. The van der Waals surface area contributed by atoms with Gasteiger partial charge in [0.2, 0.25) is 0 Å². The van der Waals surface area contributed by atoms with Gasteiger partial charge in [0.05, 0.1) is 0 Å². The molecule has 0 aliphatic carbocycles. The number of aliphatic hydroxyl groups is 1. The van der Waals surface area contributed by atoms with Crippen molar-refractivity contribution in [3.63, 3.8) is 0 Å². The van der Waals surface area contributed by atoms with Crippen molar-refractivity contribution < 1.29 is 5.11 Å². The Hall–Kier alpha value is -1.08. The summed E-state index contributed by atoms with van der Waals surface area (Å²) in [4.78, 5) is 0. The molecule has 0 heterocycles. The molecule has 1 heteroatoms. The molecule has 0 spiro atoms. The Morgan fingerprint density at radius 3 is 2.44 bits per heavy atom. The zero-order valence-corrected chi connectivity index (χ0v) is 10.3. The summed E-state index contributed by atoms with van der Waals surface area (Å²) in [6.45, 7) is 4.31. The van der Waals surface area contributed by atoms with Crippen molar-refractivity contribution in [2.24, 2.45) is 0 Å². The van der Waals surface area contributed by atoms with Crippen LogP contribution in [0.25, 0.3) is 0 Å². The van der Waals surface area contributed by atoms with Crippen LogP contribution in [0.1, 0.15) is 51.2 Å². The summed E-state index contributed by atoms with van der Waals surface area (Å²) in [5.41, 5.74) is 2.16. The maximum absolute atomic E-state index is 10.3. The van der Waals surface area contributed by atoms with E-state index < -0.39 is 6.10 Å². The molecular weight excluding hydrogens is 196 g/mol. The van der Waals surface area contributed by atoms with Gasteiger partial charge in [-0.1, -0.05) is 63.1 Å². The van der Waals surface area contributed by atoms with Crippen LogP contribution in [0, 0.1) is 0 Å². The number of hydrogen-bond acceptors (Lipinski definition) is 1. The van der Waals surface area contributed by atoms with Gasteiger partial charge in [-0.3, -0.25) is 0 Å². The standard InChI is InChI=1S/C15H22O/c1-3-5-10-13(9-4-2)15(16)14-11-7-6-8-12-14/h6-8,10-12,15-16H,3-5,9H2,1-2H3/b13-10+/t15-/m1/s1. The number of hydrogen-bond donors (Lipinski definition) is 1. The van der Waals surface area contributed by atoms with Gasteiger partial charge < -0.3 is 5.11 Å². The highest BCUT2D eigenvalue weighted by atomic mass is 16.3. The molecule has 1 nitrogen and oxygen atoms in total. The van der Waals surface area contributed by atoms with E-state index in [1.54, 1.807) is 0 Å². The average molecular weight is 218 g/mol. The minimum absolute atomic E-state index is 0.423. The van der Waals surface area contributed by atoms with Gasteiger partial charge in [-0.15, -0.1) is 0 Å². The van der Waals surface area contributed by atoms with Crippen molar-refractivity contribution in [2.45, 2.75) is 45.6 Å². The SMILES string of the molecule is CCC/C=C(\CCC)[C@@H](O)c1ccccc1. The van der Waals surface area contributed by atoms with E-state index in [0.717, 1.165) is 36.8 Å². The fraction of sp³-hybridized carbons (Fsp3) is 0.467. The van der Waals surface area contributed by atoms with Gasteiger partial charge in [0.15, 0.2) is 0 Å². The summed E-state index contributed by atoms with van der Waals surface area (Å²) in [5, 5.41) is 10.3. The molecule has 1 atom stereocenters. The van der Waals surface area contributed by atoms with E-state index in [9.17, 15) is 5.11 Å². The zero-order chi connectivity index (χ0) is 11.8. The highest BCUT2D eigenvalue weighted by molar-refractivity contribution is 5.25. The van der Waals surface area contributed by atoms with E-state index in [1.807, 2.05) is 30.3 Å². The maximum atomic E-state index is 10.3. The van der Waals surface area contributed by atoms with Crippen molar-refractivity contribution in [3.05, 3.63) is 47.5 Å². The Kier molecular flexibility index (Phi) is 5.87. The monoisotopic (exact) mass is 218 g/mol. The Balaban J connectivity index is 2.78. The van der Waals surface area contributed by atoms with Crippen LogP contribution in [0.2, 0.25) is 0 Å². The van der Waals surface area contributed by atoms with Gasteiger partial charge in [-0.25, -0.2) is 0 Å². The van der Waals surface area contributed by atoms with Gasteiger partial charge in [-0.2, -0.15) is 0 Å². The lowest BCUT2D eigenvalue weighted by Gasteiger charge is -2.15. The highest BCUT2D eigenvalue weighted by Crippen LogP contribution is 2.25. The first-order chi connectivity index (χ1) is 7.79. The Labute approximate surface area is 98.8 Å². The van der Waals surface area contributed by atoms with Gasteiger partial charge in [0.25, 0.3) is 0 Å². The summed E-state index contributed by atoms with van der Waals surface area (Å²) in [7, 11) is 0. The average Bonchev–Trinajstić information content (AvgIpc) is 2.35. The Morgan fingerprint density at radius 1 is 1.19 bits per heavy atom. The summed E-state index contributed by atoms with van der Waals surface area (Å²) in [6, 6.07) is 9.90. The molecule has 88 valence electrons. The van der Waals surface area contributed by atoms with Crippen LogP contribution >= 0.6 is 0 Å². The van der Waals surface area contributed by atoms with Crippen LogP contribution in [0.15, 0.2) is 42.0 Å². The second-order valence-electron chi connectivity index (χ2n) is 4.13. The molecule has 0 aromatic heterocycles. The summed E-state index contributed by atoms with van der Waals surface area (Å²) in [6.07, 6.45) is 6.03. The molecule has 16 heavy (non-hydrogen) atoms. The van der Waals surface area contributed by atoms with Crippen molar-refractivity contribution in [3.8, 4) is 0 Å². The fourth-order valence-electron chi connectivity index (χ4n) is 1.82. The van der Waals surface area contributed by atoms with E-state index >= 15 is 0 Å². The summed E-state index contributed by atoms with van der Waals surface area (Å²) in [5.74, 6) is 0. The molecule has 0 bridgehead atoms. The van der Waals surface area contributed by atoms with Crippen molar-refractivity contribution in [2.75, 3.05) is 0 Å². The predicted molar refractivity (Wildman–Crippen MR) is 69.3 cm³/mol. The molecule has 0 saturated heterocycles. The number of unbranched alkanes of at least 4 members (excludes halogenated alkanes) is 1. The van der Waals surface area contributed by atoms with Crippen LogP contribution in [-0.2, 0) is 0 Å². The van der Waals surface area contributed by atoms with E-state index in [1.165, 1.54) is 0 Å². The second kappa shape index (κ2) is 7.24. The van der Waals surface area contributed by atoms with Crippen LogP contribution < -0.4 is 0 Å². The normalized spacial score (nSPS) is 13.8. The first kappa shape index (κ1) is 13.0. The van der Waals surface area contributed by atoms with Crippen LogP contribution in [0.3, 0.4) is 0 Å². The fourth-order valence-corrected chi connectivity index (χ4v) is 1.82. The third kappa shape index (κ3) is 3.82. The minimum atomic E-state index is -0.423. The molecule has 0 saturated carbocycles. The minimum Gasteiger partial charge on any atom is -0.384 e. The van der Waals surface area contributed by atoms with Gasteiger partial charge in [-0.05, 0) is 24.0 Å². The molecule has 1 N–H and O–H groups in total. The number of aliphatic hydroxyl groups excluding tert-OH is 1. The third-order valence-electron chi connectivity index (χ3n) is 2.70. The molecular formula is C15H22O. The number of allylic oxidation sites excluding steroid dienone is 1. The van der Waals surface area contributed by atoms with Gasteiger partial charge in [0, 0.05) is 0 Å². The topological polar surface area (TPSA) is 20.2 Å². The Morgan fingerprint density at radius 2 is 1.88 bits per heavy atom. The van der Waals surface area contributed by atoms with E-state index in [4.69, 9.17) is 0 Å². The second-order valence-corrected chi connectivity index (χ2v) is 4.13. The molecule has 0 aliphatic heterocycles. The molecule has 0 fully saturated rings. The molecule has 1 aromatic rings. The highest BCUT2D eigenvalue weighted by Gasteiger charge is 2.11. The van der Waals surface area contributed by atoms with Crippen molar-refractivity contribution in [1.82, 2.24) is 0 Å². The molecule has 1 rings (SSSR count). The van der Waals surface area contributed by atoms with E-state index in [-0.39, 0.29) is 0 Å². The van der Waals surface area contributed by atoms with Crippen LogP contribution in [0.5, 0.6) is 0 Å². The van der Waals surface area contributed by atoms with Crippen molar-refractivity contribution in [1.29, 1.82) is 0 Å². The largest absolute Gasteiger partial charge is 0.384 e. The third-order valence-corrected chi connectivity index (χ3v) is 2.70. The summed E-state index contributed by atoms with van der Waals surface area (Å²) >= 11 is 0. The van der Waals surface area contributed by atoms with Crippen LogP contribution in [-0.4, -0.2) is 5.11 Å². The molecule has 1 aromatic carbocycles. The lowest BCUT2D eigenvalue weighted by Crippen LogP contribution is -2.01. The Bertz CT molecular complexity index is 313. The van der Waals surface area contributed by atoms with Gasteiger partial charge >= 0.3 is 0 Å². The first-order valence-corrected chi connectivity index (χ1v) is 6.21. The molecule has 0 radical (unpaired) electrons. The van der Waals surface area contributed by atoms with Crippen LogP contribution in [0.4, 0.5) is 0 Å². The molecule has 0 unspecified atom stereocenters. The maximum Gasteiger partial charge on any atom is 0.100 e. The lowest BCUT2D eigenvalue weighted by atomic mass is 9.97. The molecule has 0 amide bonds. The zero-order valence-electron chi connectivity index (χ0n) is 10.3. The van der Waals surface area contributed by atoms with Gasteiger partial charge in [0.1, 0.15) is 6.10 Å². The van der Waals surface area contributed by atoms with E-state index in [0.29, 0.717) is 0 Å². The number of benzene rings is 1.